The van der Waals surface area contributed by atoms with Crippen LogP contribution in [0.1, 0.15) is 26.5 Å². The largest absolute Gasteiger partial charge is 0.444 e. The van der Waals surface area contributed by atoms with E-state index >= 15 is 0 Å². The van der Waals surface area contributed by atoms with E-state index in [1.165, 1.54) is 4.68 Å². The van der Waals surface area contributed by atoms with Gasteiger partial charge in [0.15, 0.2) is 5.82 Å². The van der Waals surface area contributed by atoms with Gasteiger partial charge in [-0.3, -0.25) is 0 Å². The molecule has 0 aromatic carbocycles. The predicted molar refractivity (Wildman–Crippen MR) is 63.4 cm³/mol. The lowest BCUT2D eigenvalue weighted by Gasteiger charge is -2.19. The summed E-state index contributed by atoms with van der Waals surface area (Å²) in [7, 11) is 0. The van der Waals surface area contributed by atoms with Gasteiger partial charge in [-0.15, -0.1) is 5.10 Å². The van der Waals surface area contributed by atoms with Crippen LogP contribution in [-0.4, -0.2) is 33.2 Å². The molecule has 0 aliphatic rings. The number of nitrogens with one attached hydrogen (secondary N) is 1. The maximum atomic E-state index is 11.3. The number of nitriles is 1. The van der Waals surface area contributed by atoms with E-state index in [2.05, 4.69) is 15.6 Å². The summed E-state index contributed by atoms with van der Waals surface area (Å²) < 4.78 is 6.40. The van der Waals surface area contributed by atoms with Gasteiger partial charge in [0.25, 0.3) is 0 Å². The lowest BCUT2D eigenvalue weighted by atomic mass is 10.2. The lowest BCUT2D eigenvalue weighted by Crippen LogP contribution is -2.34. The van der Waals surface area contributed by atoms with Crippen molar-refractivity contribution < 1.29 is 9.53 Å². The van der Waals surface area contributed by atoms with E-state index in [1.807, 2.05) is 6.07 Å². The minimum absolute atomic E-state index is 0.0762. The summed E-state index contributed by atoms with van der Waals surface area (Å²) in [5.41, 5.74) is 5.14. The van der Waals surface area contributed by atoms with Crippen LogP contribution in [0.15, 0.2) is 0 Å². The highest BCUT2D eigenvalue weighted by molar-refractivity contribution is 5.67. The molecule has 98 valence electrons. The van der Waals surface area contributed by atoms with E-state index in [1.54, 1.807) is 20.8 Å². The van der Waals surface area contributed by atoms with Crippen molar-refractivity contribution in [3.05, 3.63) is 5.69 Å². The Bertz CT molecular complexity index is 468. The van der Waals surface area contributed by atoms with Crippen molar-refractivity contribution in [2.75, 3.05) is 12.3 Å². The molecule has 0 unspecified atom stereocenters. The Kier molecular flexibility index (Phi) is 4.09. The summed E-state index contributed by atoms with van der Waals surface area (Å²) >= 11 is 0. The van der Waals surface area contributed by atoms with Crippen LogP contribution in [0.5, 0.6) is 0 Å². The number of carbonyl (C=O) groups excluding carboxylic acids is 1. The van der Waals surface area contributed by atoms with Crippen LogP contribution in [0.3, 0.4) is 0 Å². The summed E-state index contributed by atoms with van der Waals surface area (Å²) in [5, 5.41) is 18.5. The third kappa shape index (κ3) is 3.93. The van der Waals surface area contributed by atoms with Gasteiger partial charge >= 0.3 is 6.09 Å². The molecule has 3 N–H and O–H groups in total. The molecule has 1 rings (SSSR count). The third-order valence-corrected chi connectivity index (χ3v) is 1.87. The van der Waals surface area contributed by atoms with E-state index in [-0.39, 0.29) is 18.1 Å². The van der Waals surface area contributed by atoms with Crippen molar-refractivity contribution in [2.45, 2.75) is 32.9 Å². The van der Waals surface area contributed by atoms with Crippen LogP contribution in [0.25, 0.3) is 0 Å². The highest BCUT2D eigenvalue weighted by Gasteiger charge is 2.15. The van der Waals surface area contributed by atoms with Crippen molar-refractivity contribution in [1.82, 2.24) is 20.3 Å². The average molecular weight is 252 g/mol. The fraction of sp³-hybridized carbons (Fsp3) is 0.600. The second-order valence-corrected chi connectivity index (χ2v) is 4.59. The Hall–Kier alpha value is -2.30. The van der Waals surface area contributed by atoms with Crippen LogP contribution in [0, 0.1) is 11.3 Å². The Balaban J connectivity index is 2.41. The average Bonchev–Trinajstić information content (AvgIpc) is 2.57. The topological polar surface area (TPSA) is 119 Å². The summed E-state index contributed by atoms with van der Waals surface area (Å²) in [5.74, 6) is 0.184. The number of hydrogen-bond acceptors (Lipinski definition) is 6. The Morgan fingerprint density at radius 1 is 1.61 bits per heavy atom. The molecule has 1 aromatic rings. The number of nitrogens with zero attached hydrogens (tertiary/aromatic N) is 4. The van der Waals surface area contributed by atoms with Crippen molar-refractivity contribution >= 4 is 11.9 Å². The molecule has 0 spiro atoms. The summed E-state index contributed by atoms with van der Waals surface area (Å²) in [6, 6.07) is 1.81. The number of amides is 1. The standard InChI is InChI=1S/C10H16N6O2/c1-10(2,3)18-9(17)13-4-5-16-8(12)7(6-11)14-15-16/h4-5,12H2,1-3H3,(H,13,17). The monoisotopic (exact) mass is 252 g/mol. The maximum Gasteiger partial charge on any atom is 0.407 e. The Labute approximate surface area is 105 Å². The second-order valence-electron chi connectivity index (χ2n) is 4.59. The van der Waals surface area contributed by atoms with E-state index in [9.17, 15) is 4.79 Å². The highest BCUT2D eigenvalue weighted by Crippen LogP contribution is 2.07. The molecule has 0 fully saturated rings. The fourth-order valence-electron chi connectivity index (χ4n) is 1.14. The van der Waals surface area contributed by atoms with Gasteiger partial charge in [0.05, 0.1) is 6.54 Å². The van der Waals surface area contributed by atoms with Crippen LogP contribution < -0.4 is 11.1 Å². The van der Waals surface area contributed by atoms with Gasteiger partial charge < -0.3 is 15.8 Å². The first kappa shape index (κ1) is 13.8. The summed E-state index contributed by atoms with van der Waals surface area (Å²) in [4.78, 5) is 11.3. The number of hydrogen-bond donors (Lipinski definition) is 2. The number of ether oxygens (including phenoxy) is 1. The molecule has 1 heterocycles. The zero-order valence-corrected chi connectivity index (χ0v) is 10.6. The number of nitrogen functional groups attached to an aromatic ring is 1. The van der Waals surface area contributed by atoms with Crippen molar-refractivity contribution in [3.8, 4) is 6.07 Å². The molecule has 8 nitrogen and oxygen atoms in total. The van der Waals surface area contributed by atoms with Crippen molar-refractivity contribution in [1.29, 1.82) is 5.26 Å². The van der Waals surface area contributed by atoms with E-state index < -0.39 is 11.7 Å². The zero-order valence-electron chi connectivity index (χ0n) is 10.6. The number of alkyl carbamates (subject to hydrolysis) is 1. The quantitative estimate of drug-likeness (QED) is 0.796. The van der Waals surface area contributed by atoms with Gasteiger partial charge in [-0.2, -0.15) is 5.26 Å². The predicted octanol–water partition coefficient (Wildman–Crippen LogP) is 0.257. The molecule has 0 atom stereocenters. The molecule has 0 saturated carbocycles. The zero-order chi connectivity index (χ0) is 13.8. The number of nitrogens with two attached hydrogens (primary N) is 1. The molecular formula is C10H16N6O2. The number of carbonyl (C=O) groups is 1. The Morgan fingerprint density at radius 3 is 2.78 bits per heavy atom. The van der Waals surface area contributed by atoms with Gasteiger partial charge in [-0.05, 0) is 20.8 Å². The molecule has 0 aliphatic heterocycles. The molecule has 0 saturated heterocycles. The van der Waals surface area contributed by atoms with Crippen molar-refractivity contribution in [2.24, 2.45) is 0 Å². The second kappa shape index (κ2) is 5.35. The van der Waals surface area contributed by atoms with Crippen LogP contribution in [0.2, 0.25) is 0 Å². The number of aromatic nitrogens is 3. The Morgan fingerprint density at radius 2 is 2.28 bits per heavy atom. The summed E-state index contributed by atoms with van der Waals surface area (Å²) in [6.07, 6.45) is -0.512. The molecule has 0 bridgehead atoms. The fourth-order valence-corrected chi connectivity index (χ4v) is 1.14. The third-order valence-electron chi connectivity index (χ3n) is 1.87. The van der Waals surface area contributed by atoms with Gasteiger partial charge in [0.1, 0.15) is 11.7 Å². The highest BCUT2D eigenvalue weighted by atomic mass is 16.6. The molecule has 0 radical (unpaired) electrons. The molecule has 18 heavy (non-hydrogen) atoms. The first-order chi connectivity index (χ1) is 8.33. The van der Waals surface area contributed by atoms with E-state index in [4.69, 9.17) is 15.7 Å². The van der Waals surface area contributed by atoms with Crippen molar-refractivity contribution in [3.63, 3.8) is 0 Å². The number of anilines is 1. The van der Waals surface area contributed by atoms with Gasteiger partial charge in [-0.25, -0.2) is 9.48 Å². The summed E-state index contributed by atoms with van der Waals surface area (Å²) in [6.45, 7) is 5.94. The lowest BCUT2D eigenvalue weighted by molar-refractivity contribution is 0.0525. The van der Waals surface area contributed by atoms with Crippen LogP contribution in [-0.2, 0) is 11.3 Å². The van der Waals surface area contributed by atoms with Gasteiger partial charge in [-0.1, -0.05) is 5.21 Å². The van der Waals surface area contributed by atoms with Crippen LogP contribution in [0.4, 0.5) is 10.6 Å². The first-order valence-electron chi connectivity index (χ1n) is 5.39. The smallest absolute Gasteiger partial charge is 0.407 e. The molecule has 8 heteroatoms. The molecule has 1 amide bonds. The minimum atomic E-state index is -0.537. The maximum absolute atomic E-state index is 11.3. The van der Waals surface area contributed by atoms with Gasteiger partial charge in [0.2, 0.25) is 5.69 Å². The minimum Gasteiger partial charge on any atom is -0.444 e. The van der Waals surface area contributed by atoms with Crippen LogP contribution >= 0.6 is 0 Å². The van der Waals surface area contributed by atoms with E-state index in [0.717, 1.165) is 0 Å². The molecule has 0 aliphatic carbocycles. The molecule has 1 aromatic heterocycles. The SMILES string of the molecule is CC(C)(C)OC(=O)NCCn1nnc(C#N)c1N. The molecular weight excluding hydrogens is 236 g/mol. The van der Waals surface area contributed by atoms with Gasteiger partial charge in [0, 0.05) is 6.54 Å². The number of rotatable bonds is 3. The normalized spacial score (nSPS) is 10.8. The first-order valence-corrected chi connectivity index (χ1v) is 5.39. The van der Waals surface area contributed by atoms with E-state index in [0.29, 0.717) is 6.54 Å².